The second-order valence-corrected chi connectivity index (χ2v) is 3.32. The van der Waals surface area contributed by atoms with Gasteiger partial charge < -0.3 is 0 Å². The maximum absolute atomic E-state index is 12.4. The second kappa shape index (κ2) is 4.16. The highest BCUT2D eigenvalue weighted by Gasteiger charge is 2.34. The van der Waals surface area contributed by atoms with E-state index in [4.69, 9.17) is 0 Å². The van der Waals surface area contributed by atoms with Crippen LogP contribution in [0.25, 0.3) is 0 Å². The molecule has 0 radical (unpaired) electrons. The molecule has 1 heterocycles. The monoisotopic (exact) mass is 282 g/mol. The number of aromatic nitrogens is 1. The van der Waals surface area contributed by atoms with Gasteiger partial charge in [-0.05, 0) is 34.2 Å². The fraction of sp³-hybridized carbons (Fsp3) is 0.143. The fourth-order valence-corrected chi connectivity index (χ4v) is 1.19. The number of hydrogen-bond acceptors (Lipinski definition) is 3. The lowest BCUT2D eigenvalue weighted by atomic mass is 10.2. The van der Waals surface area contributed by atoms with E-state index in [9.17, 15) is 13.2 Å². The average Bonchev–Trinajstić information content (AvgIpc) is 2.07. The summed E-state index contributed by atoms with van der Waals surface area (Å²) in [5, 5.41) is 1.85. The summed E-state index contributed by atoms with van der Waals surface area (Å²) in [6.07, 6.45) is -3.29. The van der Waals surface area contributed by atoms with Gasteiger partial charge in [0.15, 0.2) is 5.82 Å². The van der Waals surface area contributed by atoms with Gasteiger partial charge in [0.2, 0.25) is 0 Å². The molecule has 0 fully saturated rings. The molecule has 0 saturated carbocycles. The molecular weight excluding hydrogens is 281 g/mol. The summed E-state index contributed by atoms with van der Waals surface area (Å²) in [6, 6.07) is 0.887. The summed E-state index contributed by atoms with van der Waals surface area (Å²) >= 11 is 7.10. The fourth-order valence-electron chi connectivity index (χ4n) is 0.773. The maximum atomic E-state index is 12.4. The summed E-state index contributed by atoms with van der Waals surface area (Å²) in [6.45, 7) is 0. The number of alkyl halides is 3. The molecule has 0 bridgehead atoms. The minimum Gasteiger partial charge on any atom is -0.235 e. The Morgan fingerprint density at radius 3 is 2.64 bits per heavy atom. The van der Waals surface area contributed by atoms with Gasteiger partial charge in [-0.2, -0.15) is 18.2 Å². The predicted molar refractivity (Wildman–Crippen MR) is 51.6 cm³/mol. The van der Waals surface area contributed by atoms with Crippen LogP contribution in [-0.4, -0.2) is 10.1 Å². The topological polar surface area (TPSA) is 25.2 Å². The van der Waals surface area contributed by atoms with Gasteiger partial charge in [0.25, 0.3) is 0 Å². The van der Waals surface area contributed by atoms with Gasteiger partial charge in [0, 0.05) is 10.7 Å². The Bertz CT molecular complexity index is 398. The standard InChI is InChI=1S/C7H2BrF3N2S/c8-4-1-5(7(9,10)11)6(12-2-4)13-3-14/h1-2H. The number of pyridine rings is 1. The summed E-state index contributed by atoms with van der Waals surface area (Å²) in [4.78, 5) is 6.70. The number of halogens is 4. The lowest BCUT2D eigenvalue weighted by Gasteiger charge is -2.07. The van der Waals surface area contributed by atoms with E-state index in [2.05, 4.69) is 38.1 Å². The largest absolute Gasteiger partial charge is 0.420 e. The van der Waals surface area contributed by atoms with Crippen molar-refractivity contribution in [3.05, 3.63) is 22.3 Å². The van der Waals surface area contributed by atoms with Crippen molar-refractivity contribution in [3.63, 3.8) is 0 Å². The average molecular weight is 283 g/mol. The van der Waals surface area contributed by atoms with Gasteiger partial charge in [0.05, 0.1) is 5.16 Å². The van der Waals surface area contributed by atoms with E-state index < -0.39 is 17.6 Å². The van der Waals surface area contributed by atoms with Crippen LogP contribution in [0, 0.1) is 0 Å². The third-order valence-corrected chi connectivity index (χ3v) is 1.82. The summed E-state index contributed by atoms with van der Waals surface area (Å²) in [5.74, 6) is -0.476. The Balaban J connectivity index is 3.37. The van der Waals surface area contributed by atoms with Crippen molar-refractivity contribution in [3.8, 4) is 0 Å². The van der Waals surface area contributed by atoms with Crippen LogP contribution in [0.3, 0.4) is 0 Å². The smallest absolute Gasteiger partial charge is 0.235 e. The van der Waals surface area contributed by atoms with E-state index >= 15 is 0 Å². The molecule has 1 aromatic heterocycles. The Morgan fingerprint density at radius 2 is 2.14 bits per heavy atom. The van der Waals surface area contributed by atoms with Crippen LogP contribution in [0.4, 0.5) is 19.0 Å². The summed E-state index contributed by atoms with van der Waals surface area (Å²) in [7, 11) is 0. The molecule has 0 aliphatic heterocycles. The number of rotatable bonds is 1. The number of nitrogens with zero attached hydrogens (tertiary/aromatic N) is 2. The van der Waals surface area contributed by atoms with Gasteiger partial charge in [-0.15, -0.1) is 0 Å². The molecule has 2 nitrogen and oxygen atoms in total. The minimum atomic E-state index is -4.50. The van der Waals surface area contributed by atoms with Crippen LogP contribution in [0.1, 0.15) is 5.56 Å². The van der Waals surface area contributed by atoms with Crippen LogP contribution < -0.4 is 0 Å². The van der Waals surface area contributed by atoms with Crippen LogP contribution in [-0.2, 0) is 6.18 Å². The van der Waals surface area contributed by atoms with Gasteiger partial charge in [0.1, 0.15) is 5.56 Å². The summed E-state index contributed by atoms with van der Waals surface area (Å²) < 4.78 is 37.3. The molecule has 14 heavy (non-hydrogen) atoms. The van der Waals surface area contributed by atoms with E-state index in [1.165, 1.54) is 6.20 Å². The predicted octanol–water partition coefficient (Wildman–Crippen LogP) is 3.60. The van der Waals surface area contributed by atoms with E-state index in [1.807, 2.05) is 5.16 Å². The first-order valence-electron chi connectivity index (χ1n) is 3.26. The van der Waals surface area contributed by atoms with E-state index in [0.29, 0.717) is 0 Å². The maximum Gasteiger partial charge on any atom is 0.420 e. The normalized spacial score (nSPS) is 10.9. The van der Waals surface area contributed by atoms with Gasteiger partial charge >= 0.3 is 6.18 Å². The third kappa shape index (κ3) is 2.60. The van der Waals surface area contributed by atoms with Gasteiger partial charge in [-0.3, -0.25) is 0 Å². The zero-order valence-electron chi connectivity index (χ0n) is 6.47. The van der Waals surface area contributed by atoms with Crippen molar-refractivity contribution in [2.75, 3.05) is 0 Å². The first-order valence-corrected chi connectivity index (χ1v) is 4.46. The number of thiocarbonyl (C=S) groups is 1. The second-order valence-electron chi connectivity index (χ2n) is 2.23. The number of hydrogen-bond donors (Lipinski definition) is 0. The molecule has 0 aliphatic carbocycles. The van der Waals surface area contributed by atoms with Crippen molar-refractivity contribution in [2.45, 2.75) is 6.18 Å². The van der Waals surface area contributed by atoms with Crippen LogP contribution in [0.5, 0.6) is 0 Å². The van der Waals surface area contributed by atoms with E-state index in [1.54, 1.807) is 0 Å². The molecule has 0 saturated heterocycles. The van der Waals surface area contributed by atoms with E-state index in [0.717, 1.165) is 6.07 Å². The molecule has 0 aromatic carbocycles. The zero-order valence-corrected chi connectivity index (χ0v) is 8.87. The van der Waals surface area contributed by atoms with Crippen molar-refractivity contribution >= 4 is 39.1 Å². The quantitative estimate of drug-likeness (QED) is 0.581. The van der Waals surface area contributed by atoms with Crippen molar-refractivity contribution in [2.24, 2.45) is 4.99 Å². The molecule has 0 spiro atoms. The first kappa shape index (κ1) is 11.3. The molecule has 1 aromatic rings. The zero-order chi connectivity index (χ0) is 10.8. The lowest BCUT2D eigenvalue weighted by Crippen LogP contribution is -2.06. The summed E-state index contributed by atoms with van der Waals surface area (Å²) in [5.41, 5.74) is -0.941. The Morgan fingerprint density at radius 1 is 1.50 bits per heavy atom. The van der Waals surface area contributed by atoms with Crippen LogP contribution >= 0.6 is 28.1 Å². The molecular formula is C7H2BrF3N2S. The van der Waals surface area contributed by atoms with Crippen molar-refractivity contribution < 1.29 is 13.2 Å². The highest BCUT2D eigenvalue weighted by molar-refractivity contribution is 9.10. The molecule has 0 atom stereocenters. The first-order chi connectivity index (χ1) is 6.45. The molecule has 0 unspecified atom stereocenters. The molecule has 0 N–H and O–H groups in total. The number of isothiocyanates is 1. The Hall–Kier alpha value is -0.780. The highest BCUT2D eigenvalue weighted by atomic mass is 79.9. The van der Waals surface area contributed by atoms with Gasteiger partial charge in [-0.25, -0.2) is 4.98 Å². The van der Waals surface area contributed by atoms with Crippen LogP contribution in [0.15, 0.2) is 21.7 Å². The highest BCUT2D eigenvalue weighted by Crippen LogP contribution is 2.36. The van der Waals surface area contributed by atoms with Crippen LogP contribution in [0.2, 0.25) is 0 Å². The van der Waals surface area contributed by atoms with Crippen molar-refractivity contribution in [1.29, 1.82) is 0 Å². The van der Waals surface area contributed by atoms with Gasteiger partial charge in [-0.1, -0.05) is 0 Å². The number of aliphatic imine (C=N–C) groups is 1. The lowest BCUT2D eigenvalue weighted by molar-refractivity contribution is -0.137. The molecule has 0 aliphatic rings. The minimum absolute atomic E-state index is 0.230. The Kier molecular flexibility index (Phi) is 3.36. The molecule has 7 heteroatoms. The molecule has 74 valence electrons. The molecule has 1 rings (SSSR count). The van der Waals surface area contributed by atoms with Crippen molar-refractivity contribution in [1.82, 2.24) is 4.98 Å². The van der Waals surface area contributed by atoms with E-state index in [-0.39, 0.29) is 4.47 Å². The SMILES string of the molecule is FC(F)(F)c1cc(Br)cnc1N=C=S. The Labute approximate surface area is 91.0 Å². The third-order valence-electron chi connectivity index (χ3n) is 1.29. The molecule has 0 amide bonds.